The first kappa shape index (κ1) is 33.4. The van der Waals surface area contributed by atoms with E-state index >= 15 is 0 Å². The maximum atomic E-state index is 14.8. The standard InChI is InChI=1S/C18H19FN4O4S.4C2H6/c1-9-23-12-7-13(21-2-4-22(5-3-21)14(24)8-20)11(19)6-10(12)16(25)15(18(26)27)17(23)28-9;4*1-2/h6-7,9H,2-5,8,20H2,1H3,(H,26,27);4*1-2H3. The molecule has 3 heterocycles. The van der Waals surface area contributed by atoms with E-state index in [4.69, 9.17) is 5.73 Å². The van der Waals surface area contributed by atoms with Crippen molar-refractivity contribution in [1.29, 1.82) is 0 Å². The van der Waals surface area contributed by atoms with Gasteiger partial charge in [-0.3, -0.25) is 9.59 Å². The molecule has 36 heavy (non-hydrogen) atoms. The summed E-state index contributed by atoms with van der Waals surface area (Å²) in [5, 5.41) is 9.81. The minimum absolute atomic E-state index is 0.0477. The van der Waals surface area contributed by atoms with Crippen LogP contribution in [0, 0.1) is 5.82 Å². The first-order valence-corrected chi connectivity index (χ1v) is 13.8. The van der Waals surface area contributed by atoms with Crippen molar-refractivity contribution in [3.05, 3.63) is 33.7 Å². The van der Waals surface area contributed by atoms with Gasteiger partial charge in [-0.05, 0) is 19.1 Å². The number of thioether (sulfide) groups is 1. The summed E-state index contributed by atoms with van der Waals surface area (Å²) in [7, 11) is 0. The molecule has 2 aliphatic heterocycles. The first-order chi connectivity index (χ1) is 17.3. The summed E-state index contributed by atoms with van der Waals surface area (Å²) in [6.45, 7) is 19.6. The number of hydrogen-bond acceptors (Lipinski definition) is 6. The predicted octanol–water partition coefficient (Wildman–Crippen LogP) is 5.18. The van der Waals surface area contributed by atoms with Gasteiger partial charge in [0.1, 0.15) is 11.4 Å². The van der Waals surface area contributed by atoms with E-state index in [-0.39, 0.29) is 28.8 Å². The van der Waals surface area contributed by atoms with Crippen LogP contribution in [0.4, 0.5) is 10.1 Å². The Morgan fingerprint density at radius 1 is 1.03 bits per heavy atom. The molecule has 10 heteroatoms. The van der Waals surface area contributed by atoms with Crippen LogP contribution in [0.1, 0.15) is 78.0 Å². The molecular weight excluding hydrogens is 483 g/mol. The number of piperazine rings is 1. The lowest BCUT2D eigenvalue weighted by Gasteiger charge is -2.37. The second kappa shape index (κ2) is 16.2. The number of anilines is 1. The molecule has 8 nitrogen and oxygen atoms in total. The molecule has 0 saturated carbocycles. The van der Waals surface area contributed by atoms with Crippen molar-refractivity contribution < 1.29 is 19.1 Å². The Labute approximate surface area is 218 Å². The van der Waals surface area contributed by atoms with E-state index in [1.165, 1.54) is 11.8 Å². The fraction of sp³-hybridized carbons (Fsp3) is 0.577. The molecule has 0 radical (unpaired) electrons. The number of aromatic nitrogens is 1. The van der Waals surface area contributed by atoms with Gasteiger partial charge in [-0.15, -0.1) is 0 Å². The molecule has 2 aromatic rings. The molecule has 1 aromatic heterocycles. The van der Waals surface area contributed by atoms with E-state index in [1.807, 2.05) is 67.2 Å². The van der Waals surface area contributed by atoms with Gasteiger partial charge in [0.05, 0.1) is 28.1 Å². The number of aromatic carboxylic acids is 1. The number of amides is 1. The van der Waals surface area contributed by atoms with E-state index in [0.29, 0.717) is 42.4 Å². The van der Waals surface area contributed by atoms with Gasteiger partial charge < -0.3 is 25.2 Å². The molecule has 0 spiro atoms. The lowest BCUT2D eigenvalue weighted by atomic mass is 10.1. The van der Waals surface area contributed by atoms with Gasteiger partial charge >= 0.3 is 5.97 Å². The highest BCUT2D eigenvalue weighted by Crippen LogP contribution is 2.46. The van der Waals surface area contributed by atoms with Gasteiger partial charge in [-0.1, -0.05) is 67.2 Å². The third-order valence-corrected chi connectivity index (χ3v) is 6.41. The lowest BCUT2D eigenvalue weighted by molar-refractivity contribution is -0.129. The number of benzene rings is 1. The number of fused-ring (bicyclic) bond motifs is 3. The van der Waals surface area contributed by atoms with Crippen LogP contribution < -0.4 is 16.1 Å². The second-order valence-electron chi connectivity index (χ2n) is 6.79. The highest BCUT2D eigenvalue weighted by Gasteiger charge is 2.33. The smallest absolute Gasteiger partial charge is 0.342 e. The topological polar surface area (TPSA) is 109 Å². The molecule has 1 fully saturated rings. The molecule has 1 unspecified atom stereocenters. The number of carboxylic acids is 1. The van der Waals surface area contributed by atoms with Crippen molar-refractivity contribution >= 4 is 40.2 Å². The Hall–Kier alpha value is -2.59. The van der Waals surface area contributed by atoms with E-state index < -0.39 is 17.2 Å². The van der Waals surface area contributed by atoms with Crippen molar-refractivity contribution in [1.82, 2.24) is 9.47 Å². The highest BCUT2D eigenvalue weighted by atomic mass is 32.2. The van der Waals surface area contributed by atoms with Gasteiger partial charge in [0.25, 0.3) is 0 Å². The maximum Gasteiger partial charge on any atom is 0.342 e. The van der Waals surface area contributed by atoms with Crippen LogP contribution in [0.15, 0.2) is 22.0 Å². The average Bonchev–Trinajstić information content (AvgIpc) is 2.92. The fourth-order valence-electron chi connectivity index (χ4n) is 3.79. The normalized spacial score (nSPS) is 15.2. The summed E-state index contributed by atoms with van der Waals surface area (Å²) >= 11 is 1.31. The molecule has 2 aliphatic rings. The molecule has 3 N–H and O–H groups in total. The van der Waals surface area contributed by atoms with E-state index in [2.05, 4.69) is 0 Å². The molecule has 1 atom stereocenters. The van der Waals surface area contributed by atoms with Crippen molar-refractivity contribution in [2.24, 2.45) is 5.73 Å². The number of rotatable bonds is 3. The molecule has 1 saturated heterocycles. The van der Waals surface area contributed by atoms with Crippen LogP contribution in [0.3, 0.4) is 0 Å². The molecule has 204 valence electrons. The number of halogens is 1. The predicted molar refractivity (Wildman–Crippen MR) is 149 cm³/mol. The Morgan fingerprint density at radius 2 is 1.56 bits per heavy atom. The summed E-state index contributed by atoms with van der Waals surface area (Å²) in [5.74, 6) is -2.03. The van der Waals surface area contributed by atoms with E-state index in [9.17, 15) is 23.9 Å². The van der Waals surface area contributed by atoms with E-state index in [1.54, 1.807) is 15.5 Å². The SMILES string of the molecule is CC.CC.CC.CC.CC1Sc2c(C(=O)O)c(=O)c3cc(F)c(N4CCN(C(=O)CN)CC4)cc3n21. The largest absolute Gasteiger partial charge is 0.477 e. The number of carbonyl (C=O) groups excluding carboxylic acids is 1. The van der Waals surface area contributed by atoms with Crippen LogP contribution in [0.25, 0.3) is 10.9 Å². The summed E-state index contributed by atoms with van der Waals surface area (Å²) in [6, 6.07) is 2.73. The van der Waals surface area contributed by atoms with Gasteiger partial charge in [-0.25, -0.2) is 9.18 Å². The van der Waals surface area contributed by atoms with Crippen LogP contribution in [0.5, 0.6) is 0 Å². The number of nitrogens with two attached hydrogens (primary N) is 1. The minimum Gasteiger partial charge on any atom is -0.477 e. The van der Waals surface area contributed by atoms with Gasteiger partial charge in [0.2, 0.25) is 11.3 Å². The molecule has 0 bridgehead atoms. The highest BCUT2D eigenvalue weighted by molar-refractivity contribution is 8.00. The second-order valence-corrected chi connectivity index (χ2v) is 8.10. The minimum atomic E-state index is -1.31. The summed E-state index contributed by atoms with van der Waals surface area (Å²) < 4.78 is 16.6. The van der Waals surface area contributed by atoms with Crippen molar-refractivity contribution in [2.75, 3.05) is 37.6 Å². The number of carboxylic acid groups (broad SMARTS) is 1. The molecule has 1 amide bonds. The number of carbonyl (C=O) groups is 2. The molecular formula is C26H43FN4O4S. The number of hydrogen-bond donors (Lipinski definition) is 2. The van der Waals surface area contributed by atoms with Gasteiger partial charge in [0.15, 0.2) is 0 Å². The van der Waals surface area contributed by atoms with Crippen molar-refractivity contribution in [3.63, 3.8) is 0 Å². The zero-order chi connectivity index (χ0) is 28.2. The Balaban J connectivity index is 0.00000140. The van der Waals surface area contributed by atoms with E-state index in [0.717, 1.165) is 6.07 Å². The summed E-state index contributed by atoms with van der Waals surface area (Å²) in [5.41, 5.74) is 5.28. The van der Waals surface area contributed by atoms with Gasteiger partial charge in [-0.2, -0.15) is 0 Å². The average molecular weight is 527 g/mol. The van der Waals surface area contributed by atoms with Crippen LogP contribution in [0.2, 0.25) is 0 Å². The Morgan fingerprint density at radius 3 is 2.00 bits per heavy atom. The van der Waals surface area contributed by atoms with Crippen molar-refractivity contribution in [3.8, 4) is 0 Å². The molecule has 1 aromatic carbocycles. The third kappa shape index (κ3) is 6.79. The molecule has 4 rings (SSSR count). The maximum absolute atomic E-state index is 14.8. The summed E-state index contributed by atoms with van der Waals surface area (Å²) in [6.07, 6.45) is 0. The molecule has 0 aliphatic carbocycles. The summed E-state index contributed by atoms with van der Waals surface area (Å²) in [4.78, 5) is 39.3. The Bertz CT molecular complexity index is 1070. The van der Waals surface area contributed by atoms with Crippen LogP contribution >= 0.6 is 11.8 Å². The van der Waals surface area contributed by atoms with Crippen LogP contribution in [-0.2, 0) is 4.79 Å². The third-order valence-electron chi connectivity index (χ3n) is 5.24. The monoisotopic (exact) mass is 526 g/mol. The van der Waals surface area contributed by atoms with Gasteiger partial charge in [0, 0.05) is 31.6 Å². The fourth-order valence-corrected chi connectivity index (χ4v) is 4.95. The quantitative estimate of drug-likeness (QED) is 0.567. The zero-order valence-electron chi connectivity index (χ0n) is 23.1. The van der Waals surface area contributed by atoms with Crippen molar-refractivity contribution in [2.45, 2.75) is 72.7 Å². The lowest BCUT2D eigenvalue weighted by Crippen LogP contribution is -2.50. The first-order valence-electron chi connectivity index (χ1n) is 12.9. The number of nitrogens with zero attached hydrogens (tertiary/aromatic N) is 3. The number of pyridine rings is 1. The van der Waals surface area contributed by atoms with Crippen LogP contribution in [-0.4, -0.2) is 59.2 Å². The zero-order valence-corrected chi connectivity index (χ0v) is 24.0. The Kier molecular flexibility index (Phi) is 15.0.